The number of nitrogens with zero attached hydrogens (tertiary/aromatic N) is 3. The third-order valence-corrected chi connectivity index (χ3v) is 5.35. The summed E-state index contributed by atoms with van der Waals surface area (Å²) in [5.74, 6) is 0.00276. The molecule has 1 aromatic heterocycles. The number of carbonyl (C=O) groups excluding carboxylic acids is 1. The summed E-state index contributed by atoms with van der Waals surface area (Å²) in [5.41, 5.74) is -0.435. The normalized spacial score (nSPS) is 26.9. The van der Waals surface area contributed by atoms with Crippen molar-refractivity contribution in [3.8, 4) is 0 Å². The topological polar surface area (TPSA) is 68.7 Å². The number of pyridine rings is 1. The van der Waals surface area contributed by atoms with Gasteiger partial charge in [0, 0.05) is 31.9 Å². The van der Waals surface area contributed by atoms with E-state index >= 15 is 0 Å². The van der Waals surface area contributed by atoms with Gasteiger partial charge in [-0.1, -0.05) is 6.92 Å². The minimum Gasteiger partial charge on any atom is -0.394 e. The minimum atomic E-state index is -0.435. The molecule has 0 radical (unpaired) electrons. The Morgan fingerprint density at radius 2 is 2.38 bits per heavy atom. The second kappa shape index (κ2) is 6.93. The van der Waals surface area contributed by atoms with Crippen LogP contribution in [0.3, 0.4) is 0 Å². The number of urea groups is 1. The average molecular weight is 336 g/mol. The van der Waals surface area contributed by atoms with Gasteiger partial charge in [-0.2, -0.15) is 0 Å². The van der Waals surface area contributed by atoms with E-state index in [-0.39, 0.29) is 24.5 Å². The number of aliphatic hydroxyl groups excluding tert-OH is 1. The van der Waals surface area contributed by atoms with Crippen LogP contribution in [0.5, 0.6) is 0 Å². The van der Waals surface area contributed by atoms with E-state index in [0.29, 0.717) is 25.5 Å². The fourth-order valence-corrected chi connectivity index (χ4v) is 3.83. The summed E-state index contributed by atoms with van der Waals surface area (Å²) in [7, 11) is 0. The van der Waals surface area contributed by atoms with Gasteiger partial charge in [0.05, 0.1) is 12.1 Å². The molecule has 0 saturated carbocycles. The van der Waals surface area contributed by atoms with Gasteiger partial charge in [0.15, 0.2) is 11.6 Å². The van der Waals surface area contributed by atoms with Crippen molar-refractivity contribution in [3.05, 3.63) is 24.1 Å². The fourth-order valence-electron chi connectivity index (χ4n) is 3.83. The molecule has 2 amide bonds. The second-order valence-electron chi connectivity index (χ2n) is 6.68. The largest absolute Gasteiger partial charge is 0.394 e. The Kier molecular flexibility index (Phi) is 4.89. The highest BCUT2D eigenvalue weighted by Crippen LogP contribution is 2.32. The lowest BCUT2D eigenvalue weighted by Gasteiger charge is -2.37. The maximum atomic E-state index is 13.8. The molecule has 1 aromatic rings. The van der Waals surface area contributed by atoms with Gasteiger partial charge in [0.2, 0.25) is 0 Å². The lowest BCUT2D eigenvalue weighted by molar-refractivity contribution is 0.0800. The van der Waals surface area contributed by atoms with Crippen LogP contribution in [0, 0.1) is 5.82 Å². The number of likely N-dealkylation sites (tertiary alicyclic amines) is 1. The van der Waals surface area contributed by atoms with Crippen molar-refractivity contribution in [2.75, 3.05) is 31.1 Å². The quantitative estimate of drug-likeness (QED) is 0.879. The second-order valence-corrected chi connectivity index (χ2v) is 6.68. The number of hydrogen-bond donors (Lipinski definition) is 2. The highest BCUT2D eigenvalue weighted by Gasteiger charge is 2.42. The van der Waals surface area contributed by atoms with Crippen molar-refractivity contribution < 1.29 is 14.3 Å². The number of nitrogens with one attached hydrogen (secondary N) is 1. The summed E-state index contributed by atoms with van der Waals surface area (Å²) in [6.07, 6.45) is 4.83. The van der Waals surface area contributed by atoms with Crippen LogP contribution in [-0.2, 0) is 0 Å². The SMILES string of the molecule is CC[C@]1(CO)CCCN1C(=O)N[C@H]1CCN(c2ncccc2F)C1. The van der Waals surface area contributed by atoms with Crippen LogP contribution in [0.1, 0.15) is 32.6 Å². The molecule has 2 fully saturated rings. The van der Waals surface area contributed by atoms with E-state index in [1.54, 1.807) is 17.2 Å². The Hall–Kier alpha value is -1.89. The van der Waals surface area contributed by atoms with Gasteiger partial charge in [-0.25, -0.2) is 14.2 Å². The van der Waals surface area contributed by atoms with Crippen LogP contribution in [-0.4, -0.2) is 58.8 Å². The van der Waals surface area contributed by atoms with Crippen LogP contribution in [0.4, 0.5) is 15.0 Å². The molecule has 3 heterocycles. The van der Waals surface area contributed by atoms with E-state index in [4.69, 9.17) is 0 Å². The first-order valence-electron chi connectivity index (χ1n) is 8.64. The van der Waals surface area contributed by atoms with Crippen molar-refractivity contribution in [2.45, 2.75) is 44.2 Å². The van der Waals surface area contributed by atoms with Crippen molar-refractivity contribution in [1.29, 1.82) is 0 Å². The third-order valence-electron chi connectivity index (χ3n) is 5.35. The van der Waals surface area contributed by atoms with E-state index in [1.807, 2.05) is 11.8 Å². The first-order valence-corrected chi connectivity index (χ1v) is 8.64. The van der Waals surface area contributed by atoms with E-state index in [9.17, 15) is 14.3 Å². The number of carbonyl (C=O) groups is 1. The molecule has 0 aliphatic carbocycles. The summed E-state index contributed by atoms with van der Waals surface area (Å²) >= 11 is 0. The first kappa shape index (κ1) is 17.0. The van der Waals surface area contributed by atoms with Crippen LogP contribution >= 0.6 is 0 Å². The van der Waals surface area contributed by atoms with Gasteiger partial charge in [-0.05, 0) is 37.8 Å². The Labute approximate surface area is 141 Å². The zero-order chi connectivity index (χ0) is 17.2. The molecule has 2 aliphatic rings. The highest BCUT2D eigenvalue weighted by atomic mass is 19.1. The molecular weight excluding hydrogens is 311 g/mol. The van der Waals surface area contributed by atoms with Gasteiger partial charge >= 0.3 is 6.03 Å². The molecule has 2 N–H and O–H groups in total. The molecule has 0 spiro atoms. The van der Waals surface area contributed by atoms with E-state index in [0.717, 1.165) is 25.7 Å². The summed E-state index contributed by atoms with van der Waals surface area (Å²) in [4.78, 5) is 20.4. The zero-order valence-corrected chi connectivity index (χ0v) is 14.0. The molecule has 2 aliphatic heterocycles. The number of aliphatic hydroxyl groups is 1. The lowest BCUT2D eigenvalue weighted by atomic mass is 9.94. The number of halogens is 1. The minimum absolute atomic E-state index is 0.00709. The maximum Gasteiger partial charge on any atom is 0.318 e. The van der Waals surface area contributed by atoms with Crippen LogP contribution in [0.2, 0.25) is 0 Å². The standard InChI is InChI=1S/C17H25FN4O2/c1-2-17(12-23)7-4-9-22(17)16(24)20-13-6-10-21(11-13)15-14(18)5-3-8-19-15/h3,5,8,13,23H,2,4,6-7,9-12H2,1H3,(H,20,24)/t13-,17+/m0/s1. The van der Waals surface area contributed by atoms with Gasteiger partial charge in [0.1, 0.15) is 0 Å². The summed E-state index contributed by atoms with van der Waals surface area (Å²) in [6, 6.07) is 2.81. The molecule has 0 unspecified atom stereocenters. The van der Waals surface area contributed by atoms with Crippen molar-refractivity contribution in [2.24, 2.45) is 0 Å². The van der Waals surface area contributed by atoms with Gasteiger partial charge in [-0.15, -0.1) is 0 Å². The summed E-state index contributed by atoms with van der Waals surface area (Å²) in [5, 5.41) is 12.8. The molecule has 2 atom stereocenters. The third kappa shape index (κ3) is 3.05. The number of hydrogen-bond acceptors (Lipinski definition) is 4. The molecule has 0 bridgehead atoms. The Balaban J connectivity index is 1.61. The zero-order valence-electron chi connectivity index (χ0n) is 14.0. The number of amides is 2. The lowest BCUT2D eigenvalue weighted by Crippen LogP contribution is -2.55. The Bertz CT molecular complexity index is 594. The predicted octanol–water partition coefficient (Wildman–Crippen LogP) is 1.75. The van der Waals surface area contributed by atoms with E-state index < -0.39 is 5.54 Å². The first-order chi connectivity index (χ1) is 11.6. The van der Waals surface area contributed by atoms with Crippen LogP contribution < -0.4 is 10.2 Å². The number of anilines is 1. The van der Waals surface area contributed by atoms with Crippen LogP contribution in [0.25, 0.3) is 0 Å². The van der Waals surface area contributed by atoms with E-state index in [1.165, 1.54) is 6.07 Å². The molecule has 6 nitrogen and oxygen atoms in total. The molecule has 0 aromatic carbocycles. The van der Waals surface area contributed by atoms with Gasteiger partial charge in [0.25, 0.3) is 0 Å². The molecule has 3 rings (SSSR count). The van der Waals surface area contributed by atoms with Crippen molar-refractivity contribution in [1.82, 2.24) is 15.2 Å². The number of rotatable bonds is 4. The highest BCUT2D eigenvalue weighted by molar-refractivity contribution is 5.76. The molecule has 24 heavy (non-hydrogen) atoms. The molecule has 2 saturated heterocycles. The molecule has 132 valence electrons. The summed E-state index contributed by atoms with van der Waals surface area (Å²) < 4.78 is 13.8. The number of aromatic nitrogens is 1. The van der Waals surface area contributed by atoms with Gasteiger partial charge < -0.3 is 20.2 Å². The molecular formula is C17H25FN4O2. The van der Waals surface area contributed by atoms with Crippen molar-refractivity contribution >= 4 is 11.8 Å². The Morgan fingerprint density at radius 3 is 3.08 bits per heavy atom. The average Bonchev–Trinajstić information content (AvgIpc) is 3.22. The fraction of sp³-hybridized carbons (Fsp3) is 0.647. The van der Waals surface area contributed by atoms with Crippen LogP contribution in [0.15, 0.2) is 18.3 Å². The smallest absolute Gasteiger partial charge is 0.318 e. The van der Waals surface area contributed by atoms with Crippen molar-refractivity contribution in [3.63, 3.8) is 0 Å². The van der Waals surface area contributed by atoms with E-state index in [2.05, 4.69) is 10.3 Å². The molecule has 7 heteroatoms. The predicted molar refractivity (Wildman–Crippen MR) is 89.4 cm³/mol. The Morgan fingerprint density at radius 1 is 1.54 bits per heavy atom. The maximum absolute atomic E-state index is 13.8. The monoisotopic (exact) mass is 336 g/mol. The van der Waals surface area contributed by atoms with Gasteiger partial charge in [-0.3, -0.25) is 0 Å². The summed E-state index contributed by atoms with van der Waals surface area (Å²) in [6.45, 7) is 3.88.